The van der Waals surface area contributed by atoms with Gasteiger partial charge in [0.25, 0.3) is 14.1 Å². The van der Waals surface area contributed by atoms with E-state index in [9.17, 15) is 14.9 Å². The van der Waals surface area contributed by atoms with E-state index in [4.69, 9.17) is 28.0 Å². The average Bonchev–Trinajstić information content (AvgIpc) is 3.81. The number of halogens is 1. The minimum atomic E-state index is -1.96. The lowest BCUT2D eigenvalue weighted by molar-refractivity contribution is -0.118. The molecule has 324 valence electrons. The summed E-state index contributed by atoms with van der Waals surface area (Å²) >= 11 is 0. The van der Waals surface area contributed by atoms with Gasteiger partial charge in [0.15, 0.2) is 23.6 Å². The van der Waals surface area contributed by atoms with Crippen LogP contribution in [0, 0.1) is 17.2 Å². The highest BCUT2D eigenvalue weighted by Gasteiger charge is 2.51. The van der Waals surface area contributed by atoms with Crippen LogP contribution < -0.4 is 20.3 Å². The molecule has 1 saturated heterocycles. The van der Waals surface area contributed by atoms with E-state index in [1.165, 1.54) is 10.9 Å². The number of anilines is 1. The fourth-order valence-electron chi connectivity index (χ4n) is 7.29. The van der Waals surface area contributed by atoms with Crippen molar-refractivity contribution in [2.45, 2.75) is 90.3 Å². The maximum Gasteiger partial charge on any atom is 0.280 e. The normalized spacial score (nSPS) is 18.6. The number of benzene rings is 3. The van der Waals surface area contributed by atoms with Gasteiger partial charge in [-0.2, -0.15) is 10.2 Å². The van der Waals surface area contributed by atoms with Crippen LogP contribution in [-0.2, 0) is 28.9 Å². The standard InChI is InChI=1S/C44H53FN7O8P/c1-27(2)40(53)49-43-48-39-37(41(54)50-43)47-26-51(39)42-36(45)38(60-61(58-24-12-23-46)52(28(3)4)29(5)6)35(59-42)25-57-44(30-13-10-9-11-14-30,31-15-19-33(55-7)20-16-31)32-17-21-34(56-8)22-18-32/h9-11,13-22,26-29,35-36,38,42H,12,24-25H2,1-8H3,(H2,48,49,50,53,54)/t35-,36?,38?,42-,61?/m1/s1. The molecule has 0 aliphatic carbocycles. The summed E-state index contributed by atoms with van der Waals surface area (Å²) in [4.78, 5) is 37.1. The number of alkyl halides is 1. The summed E-state index contributed by atoms with van der Waals surface area (Å²) in [6.45, 7) is 11.2. The maximum atomic E-state index is 17.6. The monoisotopic (exact) mass is 857 g/mol. The van der Waals surface area contributed by atoms with E-state index in [-0.39, 0.29) is 54.7 Å². The van der Waals surface area contributed by atoms with Crippen LogP contribution in [0.1, 0.15) is 70.9 Å². The Kier molecular flexibility index (Phi) is 14.9. The largest absolute Gasteiger partial charge is 0.497 e. The molecule has 2 aromatic heterocycles. The van der Waals surface area contributed by atoms with E-state index >= 15 is 4.39 Å². The van der Waals surface area contributed by atoms with Gasteiger partial charge in [-0.25, -0.2) is 14.0 Å². The summed E-state index contributed by atoms with van der Waals surface area (Å²) in [7, 11) is 1.23. The lowest BCUT2D eigenvalue weighted by Crippen LogP contribution is -2.41. The molecule has 6 rings (SSSR count). The van der Waals surface area contributed by atoms with Gasteiger partial charge in [-0.1, -0.05) is 68.4 Å². The number of methoxy groups -OCH3 is 2. The molecule has 5 aromatic rings. The van der Waals surface area contributed by atoms with Crippen molar-refractivity contribution >= 4 is 31.5 Å². The Morgan fingerprint density at radius 3 is 2.10 bits per heavy atom. The molecule has 0 radical (unpaired) electrons. The fourth-order valence-corrected chi connectivity index (χ4v) is 9.06. The number of carbonyl (C=O) groups is 1. The molecule has 3 heterocycles. The predicted octanol–water partition coefficient (Wildman–Crippen LogP) is 7.64. The number of nitrogens with one attached hydrogen (secondary N) is 2. The molecule has 0 saturated carbocycles. The zero-order valence-electron chi connectivity index (χ0n) is 35.6. The Morgan fingerprint density at radius 2 is 1.56 bits per heavy atom. The second-order valence-corrected chi connectivity index (χ2v) is 16.7. The number of rotatable bonds is 19. The van der Waals surface area contributed by atoms with Crippen molar-refractivity contribution < 1.29 is 37.2 Å². The number of ether oxygens (including phenoxy) is 4. The highest BCUT2D eigenvalue weighted by Crippen LogP contribution is 2.51. The van der Waals surface area contributed by atoms with E-state index in [0.717, 1.165) is 16.7 Å². The first-order chi connectivity index (χ1) is 29.3. The number of nitrogens with zero attached hydrogens (tertiary/aromatic N) is 5. The zero-order valence-corrected chi connectivity index (χ0v) is 36.5. The van der Waals surface area contributed by atoms with Crippen LogP contribution in [-0.4, -0.2) is 88.0 Å². The zero-order chi connectivity index (χ0) is 43.8. The van der Waals surface area contributed by atoms with Crippen LogP contribution >= 0.6 is 8.53 Å². The molecule has 1 amide bonds. The number of nitriles is 1. The van der Waals surface area contributed by atoms with Crippen molar-refractivity contribution in [3.8, 4) is 17.6 Å². The van der Waals surface area contributed by atoms with Crippen LogP contribution in [0.4, 0.5) is 10.3 Å². The Labute approximate surface area is 356 Å². The van der Waals surface area contributed by atoms with Gasteiger partial charge >= 0.3 is 0 Å². The number of imidazole rings is 1. The van der Waals surface area contributed by atoms with Crippen molar-refractivity contribution in [3.05, 3.63) is 112 Å². The van der Waals surface area contributed by atoms with Crippen molar-refractivity contribution in [1.82, 2.24) is 24.2 Å². The molecule has 1 aliphatic rings. The lowest BCUT2D eigenvalue weighted by Gasteiger charge is -2.39. The van der Waals surface area contributed by atoms with Crippen molar-refractivity contribution in [2.24, 2.45) is 5.92 Å². The summed E-state index contributed by atoms with van der Waals surface area (Å²) in [5.41, 5.74) is 0.280. The fraction of sp³-hybridized carbons (Fsp3) is 0.432. The highest BCUT2D eigenvalue weighted by atomic mass is 31.2. The second-order valence-electron chi connectivity index (χ2n) is 15.3. The van der Waals surface area contributed by atoms with E-state index in [0.29, 0.717) is 11.5 Å². The number of hydrogen-bond acceptors (Lipinski definition) is 12. The molecule has 1 fully saturated rings. The predicted molar refractivity (Wildman–Crippen MR) is 229 cm³/mol. The molecule has 0 bridgehead atoms. The van der Waals surface area contributed by atoms with Gasteiger partial charge in [0.1, 0.15) is 29.3 Å². The molecule has 17 heteroatoms. The van der Waals surface area contributed by atoms with Crippen LogP contribution in [0.25, 0.3) is 11.2 Å². The molecule has 1 aliphatic heterocycles. The van der Waals surface area contributed by atoms with Gasteiger partial charge in [-0.3, -0.25) is 24.5 Å². The lowest BCUT2D eigenvalue weighted by atomic mass is 9.80. The maximum absolute atomic E-state index is 17.6. The summed E-state index contributed by atoms with van der Waals surface area (Å²) in [6.07, 6.45) is -4.32. The summed E-state index contributed by atoms with van der Waals surface area (Å²) < 4.78 is 58.8. The summed E-state index contributed by atoms with van der Waals surface area (Å²) in [6, 6.07) is 26.7. The molecular weight excluding hydrogens is 804 g/mol. The van der Waals surface area contributed by atoms with Crippen LogP contribution in [0.3, 0.4) is 0 Å². The topological polar surface area (TPSA) is 175 Å². The SMILES string of the molecule is COc1ccc(C(OC[C@H]2O[C@@H](n3cnc4c(=O)[nH]c(NC(=O)C(C)C)nc43)C(F)C2OP(OCCC#N)N(C(C)C)C(C)C)(c2ccccc2)c2ccc(OC)cc2)cc1. The number of hydrogen-bond donors (Lipinski definition) is 2. The molecular formula is C44H53FN7O8P. The number of aromatic amines is 1. The molecule has 3 aromatic carbocycles. The van der Waals surface area contributed by atoms with E-state index in [1.807, 2.05) is 111 Å². The molecule has 0 spiro atoms. The van der Waals surface area contributed by atoms with Gasteiger partial charge in [-0.15, -0.1) is 0 Å². The smallest absolute Gasteiger partial charge is 0.280 e. The van der Waals surface area contributed by atoms with E-state index in [2.05, 4.69) is 26.3 Å². The number of aromatic nitrogens is 4. The van der Waals surface area contributed by atoms with Crippen molar-refractivity contribution in [2.75, 3.05) is 32.8 Å². The molecule has 3 unspecified atom stereocenters. The number of H-pyrrole nitrogens is 1. The second kappa shape index (κ2) is 20.1. The Balaban J connectivity index is 1.48. The number of amides is 1. The number of carbonyl (C=O) groups excluding carboxylic acids is 1. The van der Waals surface area contributed by atoms with Gasteiger partial charge in [-0.05, 0) is 68.7 Å². The quantitative estimate of drug-likeness (QED) is 0.0473. The van der Waals surface area contributed by atoms with Gasteiger partial charge in [0.2, 0.25) is 11.9 Å². The third kappa shape index (κ3) is 9.78. The molecule has 2 N–H and O–H groups in total. The number of fused-ring (bicyclic) bond motifs is 1. The average molecular weight is 858 g/mol. The Hall–Kier alpha value is -5.27. The molecule has 15 nitrogen and oxygen atoms in total. The Bertz CT molecular complexity index is 2260. The summed E-state index contributed by atoms with van der Waals surface area (Å²) in [5, 5.41) is 12.0. The first-order valence-electron chi connectivity index (χ1n) is 20.1. The third-order valence-electron chi connectivity index (χ3n) is 10.3. The van der Waals surface area contributed by atoms with Gasteiger partial charge in [0, 0.05) is 18.0 Å². The first-order valence-corrected chi connectivity index (χ1v) is 21.3. The van der Waals surface area contributed by atoms with Crippen LogP contribution in [0.2, 0.25) is 0 Å². The van der Waals surface area contributed by atoms with E-state index < -0.39 is 50.2 Å². The van der Waals surface area contributed by atoms with Crippen LogP contribution in [0.15, 0.2) is 90.0 Å². The van der Waals surface area contributed by atoms with Crippen LogP contribution in [0.5, 0.6) is 11.5 Å². The minimum Gasteiger partial charge on any atom is -0.497 e. The summed E-state index contributed by atoms with van der Waals surface area (Å²) in [5.74, 6) is 0.392. The van der Waals surface area contributed by atoms with Gasteiger partial charge in [0.05, 0.1) is 46.3 Å². The highest BCUT2D eigenvalue weighted by molar-refractivity contribution is 7.44. The molecule has 61 heavy (non-hydrogen) atoms. The third-order valence-corrected chi connectivity index (χ3v) is 12.4. The Morgan fingerprint density at radius 1 is 0.967 bits per heavy atom. The first kappa shape index (κ1) is 45.3. The van der Waals surface area contributed by atoms with Crippen molar-refractivity contribution in [3.63, 3.8) is 0 Å². The molecule has 5 atom stereocenters. The van der Waals surface area contributed by atoms with Crippen molar-refractivity contribution in [1.29, 1.82) is 5.26 Å². The van der Waals surface area contributed by atoms with Gasteiger partial charge < -0.3 is 28.0 Å². The van der Waals surface area contributed by atoms with E-state index in [1.54, 1.807) is 28.1 Å². The minimum absolute atomic E-state index is 0.00982.